The van der Waals surface area contributed by atoms with Crippen LogP contribution in [-0.2, 0) is 4.79 Å². The second-order valence-electron chi connectivity index (χ2n) is 5.56. The van der Waals surface area contributed by atoms with Crippen LogP contribution in [0.15, 0.2) is 51.4 Å². The van der Waals surface area contributed by atoms with E-state index in [2.05, 4.69) is 26.1 Å². The molecule has 0 saturated heterocycles. The number of carbonyl (C=O) groups excluding carboxylic acids is 1. The highest BCUT2D eigenvalue weighted by molar-refractivity contribution is 9.10. The van der Waals surface area contributed by atoms with Gasteiger partial charge in [0, 0.05) is 11.5 Å². The first kappa shape index (κ1) is 19.7. The molecule has 0 aliphatic heterocycles. The van der Waals surface area contributed by atoms with Crippen molar-refractivity contribution in [3.63, 3.8) is 0 Å². The third-order valence-electron chi connectivity index (χ3n) is 3.67. The molecule has 0 bridgehead atoms. The first-order valence-corrected chi connectivity index (χ1v) is 10.7. The Labute approximate surface area is 173 Å². The largest absolute Gasteiger partial charge is 0.492 e. The van der Waals surface area contributed by atoms with Gasteiger partial charge in [-0.05, 0) is 35.7 Å². The molecule has 1 aromatic carbocycles. The summed E-state index contributed by atoms with van der Waals surface area (Å²) >= 11 is 6.18. The summed E-state index contributed by atoms with van der Waals surface area (Å²) in [6, 6.07) is 11.4. The number of nitrogens with zero attached hydrogens (tertiary/aromatic N) is 4. The van der Waals surface area contributed by atoms with Gasteiger partial charge in [0.2, 0.25) is 11.1 Å². The fourth-order valence-electron chi connectivity index (χ4n) is 2.14. The van der Waals surface area contributed by atoms with Gasteiger partial charge in [0.15, 0.2) is 5.82 Å². The number of benzene rings is 1. The number of nitrogen functional groups attached to an aromatic ring is 1. The van der Waals surface area contributed by atoms with Crippen LogP contribution >= 0.6 is 39.0 Å². The summed E-state index contributed by atoms with van der Waals surface area (Å²) in [6.07, 6.45) is 0. The maximum absolute atomic E-state index is 12.3. The van der Waals surface area contributed by atoms with Gasteiger partial charge in [-0.1, -0.05) is 33.8 Å². The molecule has 0 unspecified atom stereocenters. The van der Waals surface area contributed by atoms with Crippen molar-refractivity contribution in [2.45, 2.75) is 5.16 Å². The zero-order chi connectivity index (χ0) is 19.2. The zero-order valence-electron chi connectivity index (χ0n) is 14.5. The third kappa shape index (κ3) is 5.24. The lowest BCUT2D eigenvalue weighted by Crippen LogP contribution is -2.32. The SMILES string of the molecule is CN(CCOc1ccc(Br)cc1)C(=O)CSc1nnc(-c2cccs2)n1N. The van der Waals surface area contributed by atoms with Crippen LogP contribution in [0.3, 0.4) is 0 Å². The number of carbonyl (C=O) groups is 1. The number of halogens is 1. The van der Waals surface area contributed by atoms with Crippen LogP contribution in [0.1, 0.15) is 0 Å². The third-order valence-corrected chi connectivity index (χ3v) is 5.99. The van der Waals surface area contributed by atoms with E-state index in [1.165, 1.54) is 27.8 Å². The highest BCUT2D eigenvalue weighted by Gasteiger charge is 2.16. The first-order valence-electron chi connectivity index (χ1n) is 8.04. The van der Waals surface area contributed by atoms with Crippen molar-refractivity contribution >= 4 is 44.9 Å². The Bertz CT molecular complexity index is 883. The van der Waals surface area contributed by atoms with E-state index >= 15 is 0 Å². The van der Waals surface area contributed by atoms with Crippen LogP contribution in [0.2, 0.25) is 0 Å². The summed E-state index contributed by atoms with van der Waals surface area (Å²) in [5.41, 5.74) is 0. The molecule has 27 heavy (non-hydrogen) atoms. The Hall–Kier alpha value is -2.04. The van der Waals surface area contributed by atoms with E-state index in [0.29, 0.717) is 24.1 Å². The number of aromatic nitrogens is 3. The van der Waals surface area contributed by atoms with Gasteiger partial charge in [0.1, 0.15) is 12.4 Å². The van der Waals surface area contributed by atoms with Crippen LogP contribution in [-0.4, -0.2) is 51.6 Å². The molecule has 0 aliphatic carbocycles. The average molecular weight is 468 g/mol. The summed E-state index contributed by atoms with van der Waals surface area (Å²) in [4.78, 5) is 14.9. The second-order valence-corrected chi connectivity index (χ2v) is 8.37. The topological polar surface area (TPSA) is 86.3 Å². The molecule has 2 N–H and O–H groups in total. The molecule has 3 rings (SSSR count). The van der Waals surface area contributed by atoms with Crippen LogP contribution in [0, 0.1) is 0 Å². The molecular formula is C17H18BrN5O2S2. The highest BCUT2D eigenvalue weighted by atomic mass is 79.9. The van der Waals surface area contributed by atoms with E-state index in [0.717, 1.165) is 15.1 Å². The van der Waals surface area contributed by atoms with Crippen molar-refractivity contribution in [2.75, 3.05) is 31.8 Å². The minimum atomic E-state index is -0.0277. The van der Waals surface area contributed by atoms with Gasteiger partial charge >= 0.3 is 0 Å². The number of thiophene rings is 1. The Morgan fingerprint density at radius 2 is 2.11 bits per heavy atom. The first-order chi connectivity index (χ1) is 13.0. The maximum atomic E-state index is 12.3. The molecular weight excluding hydrogens is 450 g/mol. The molecule has 0 radical (unpaired) electrons. The van der Waals surface area contributed by atoms with Gasteiger partial charge < -0.3 is 15.5 Å². The number of ether oxygens (including phenoxy) is 1. The number of hydrogen-bond donors (Lipinski definition) is 1. The number of amides is 1. The van der Waals surface area contributed by atoms with Gasteiger partial charge in [-0.25, -0.2) is 4.68 Å². The smallest absolute Gasteiger partial charge is 0.232 e. The Morgan fingerprint density at radius 3 is 2.81 bits per heavy atom. The number of nitrogens with two attached hydrogens (primary N) is 1. The number of likely N-dealkylation sites (N-methyl/N-ethyl adjacent to an activating group) is 1. The van der Waals surface area contributed by atoms with Crippen LogP contribution < -0.4 is 10.6 Å². The molecule has 1 amide bonds. The molecule has 3 aromatic rings. The van der Waals surface area contributed by atoms with Crippen LogP contribution in [0.25, 0.3) is 10.7 Å². The summed E-state index contributed by atoms with van der Waals surface area (Å²) in [5.74, 6) is 7.61. The fraction of sp³-hybridized carbons (Fsp3) is 0.235. The van der Waals surface area contributed by atoms with Crippen molar-refractivity contribution in [1.29, 1.82) is 0 Å². The fourth-order valence-corrected chi connectivity index (χ4v) is 3.91. The number of rotatable bonds is 8. The quantitative estimate of drug-likeness (QED) is 0.404. The minimum Gasteiger partial charge on any atom is -0.492 e. The molecule has 0 saturated carbocycles. The van der Waals surface area contributed by atoms with E-state index in [-0.39, 0.29) is 11.7 Å². The lowest BCUT2D eigenvalue weighted by molar-refractivity contribution is -0.127. The zero-order valence-corrected chi connectivity index (χ0v) is 17.8. The predicted molar refractivity (Wildman–Crippen MR) is 111 cm³/mol. The van der Waals surface area contributed by atoms with Crippen molar-refractivity contribution in [3.8, 4) is 16.5 Å². The molecule has 142 valence electrons. The van der Waals surface area contributed by atoms with E-state index in [1.54, 1.807) is 11.9 Å². The lowest BCUT2D eigenvalue weighted by atomic mass is 10.3. The van der Waals surface area contributed by atoms with Gasteiger partial charge in [-0.15, -0.1) is 21.5 Å². The monoisotopic (exact) mass is 467 g/mol. The van der Waals surface area contributed by atoms with Crippen molar-refractivity contribution in [3.05, 3.63) is 46.3 Å². The number of thioether (sulfide) groups is 1. The van der Waals surface area contributed by atoms with E-state index in [9.17, 15) is 4.79 Å². The molecule has 0 atom stereocenters. The molecule has 0 fully saturated rings. The molecule has 0 spiro atoms. The molecule has 10 heteroatoms. The lowest BCUT2D eigenvalue weighted by Gasteiger charge is -2.17. The molecule has 2 heterocycles. The van der Waals surface area contributed by atoms with E-state index in [4.69, 9.17) is 10.6 Å². The Morgan fingerprint density at radius 1 is 1.33 bits per heavy atom. The van der Waals surface area contributed by atoms with Crippen molar-refractivity contribution in [2.24, 2.45) is 0 Å². The predicted octanol–water partition coefficient (Wildman–Crippen LogP) is 3.11. The van der Waals surface area contributed by atoms with Crippen molar-refractivity contribution in [1.82, 2.24) is 19.8 Å². The number of hydrogen-bond acceptors (Lipinski definition) is 7. The van der Waals surface area contributed by atoms with Gasteiger partial charge in [-0.2, -0.15) is 0 Å². The molecule has 2 aromatic heterocycles. The summed E-state index contributed by atoms with van der Waals surface area (Å²) in [7, 11) is 1.75. The average Bonchev–Trinajstić information content (AvgIpc) is 3.31. The Balaban J connectivity index is 1.45. The summed E-state index contributed by atoms with van der Waals surface area (Å²) < 4.78 is 8.05. The minimum absolute atomic E-state index is 0.0277. The molecule has 7 nitrogen and oxygen atoms in total. The van der Waals surface area contributed by atoms with Crippen molar-refractivity contribution < 1.29 is 9.53 Å². The normalized spacial score (nSPS) is 10.7. The van der Waals surface area contributed by atoms with Crippen LogP contribution in [0.4, 0.5) is 0 Å². The van der Waals surface area contributed by atoms with E-state index in [1.807, 2.05) is 41.8 Å². The van der Waals surface area contributed by atoms with Gasteiger partial charge in [0.25, 0.3) is 0 Å². The highest BCUT2D eigenvalue weighted by Crippen LogP contribution is 2.25. The summed E-state index contributed by atoms with van der Waals surface area (Å²) in [5, 5.41) is 10.6. The van der Waals surface area contributed by atoms with Gasteiger partial charge in [-0.3, -0.25) is 4.79 Å². The van der Waals surface area contributed by atoms with E-state index < -0.39 is 0 Å². The second kappa shape index (κ2) is 9.25. The molecule has 0 aliphatic rings. The maximum Gasteiger partial charge on any atom is 0.232 e. The van der Waals surface area contributed by atoms with Gasteiger partial charge in [0.05, 0.1) is 17.2 Å². The summed E-state index contributed by atoms with van der Waals surface area (Å²) in [6.45, 7) is 0.912. The Kier molecular flexibility index (Phi) is 6.75. The standard InChI is InChI=1S/C17H18BrN5O2S2/c1-22(8-9-25-13-6-4-12(18)5-7-13)15(24)11-27-17-21-20-16(23(17)19)14-3-2-10-26-14/h2-7,10H,8-9,11,19H2,1H3. The van der Waals surface area contributed by atoms with Crippen LogP contribution in [0.5, 0.6) is 5.75 Å².